The van der Waals surface area contributed by atoms with Crippen LogP contribution in [0.15, 0.2) is 36.4 Å². The minimum atomic E-state index is -0.764. The minimum Gasteiger partial charge on any atom is -0.493 e. The van der Waals surface area contributed by atoms with E-state index in [1.54, 1.807) is 6.92 Å². The molecule has 4 nitrogen and oxygen atoms in total. The Morgan fingerprint density at radius 1 is 1.16 bits per heavy atom. The molecule has 0 amide bonds. The van der Waals surface area contributed by atoms with Crippen molar-refractivity contribution in [1.29, 1.82) is 0 Å². The molecule has 0 spiro atoms. The molecule has 3 aromatic rings. The van der Waals surface area contributed by atoms with Crippen LogP contribution >= 0.6 is 0 Å². The molecule has 1 N–H and O–H groups in total. The Balaban J connectivity index is 1.73. The predicted octanol–water partition coefficient (Wildman–Crippen LogP) is 6.29. The summed E-state index contributed by atoms with van der Waals surface area (Å²) in [5.74, 6) is 0.351. The molecule has 1 aliphatic rings. The molecule has 1 aliphatic carbocycles. The number of hydrogen-bond donors (Lipinski definition) is 1. The van der Waals surface area contributed by atoms with Crippen LogP contribution in [-0.2, 0) is 18.3 Å². The normalized spacial score (nSPS) is 15.5. The van der Waals surface area contributed by atoms with E-state index in [-0.39, 0.29) is 0 Å². The highest BCUT2D eigenvalue weighted by Gasteiger charge is 2.19. The first kappa shape index (κ1) is 21.5. The molecule has 1 atom stereocenters. The number of carboxylic acid groups (broad SMARTS) is 1. The summed E-state index contributed by atoms with van der Waals surface area (Å²) >= 11 is 0. The van der Waals surface area contributed by atoms with Gasteiger partial charge >= 0.3 is 5.97 Å². The molecule has 1 aromatic heterocycles. The fourth-order valence-corrected chi connectivity index (χ4v) is 4.80. The number of ether oxygens (including phenoxy) is 1. The zero-order chi connectivity index (χ0) is 22.1. The van der Waals surface area contributed by atoms with Gasteiger partial charge in [-0.2, -0.15) is 0 Å². The quantitative estimate of drug-likeness (QED) is 0.489. The van der Waals surface area contributed by atoms with Gasteiger partial charge in [0.15, 0.2) is 0 Å². The Kier molecular flexibility index (Phi) is 6.08. The maximum atomic E-state index is 11.4. The molecule has 1 fully saturated rings. The largest absolute Gasteiger partial charge is 0.493 e. The van der Waals surface area contributed by atoms with Crippen molar-refractivity contribution in [1.82, 2.24) is 4.57 Å². The number of aryl methyl sites for hydroxylation is 2. The third-order valence-electron chi connectivity index (χ3n) is 7.08. The number of carbonyl (C=O) groups is 1. The summed E-state index contributed by atoms with van der Waals surface area (Å²) in [6.45, 7) is 6.83. The predicted molar refractivity (Wildman–Crippen MR) is 126 cm³/mol. The molecule has 2 aromatic carbocycles. The lowest BCUT2D eigenvalue weighted by atomic mass is 9.95. The van der Waals surface area contributed by atoms with Gasteiger partial charge < -0.3 is 14.4 Å². The Hall–Kier alpha value is -2.75. The van der Waals surface area contributed by atoms with Gasteiger partial charge in [0.05, 0.1) is 12.5 Å². The van der Waals surface area contributed by atoms with E-state index >= 15 is 0 Å². The monoisotopic (exact) mass is 419 g/mol. The van der Waals surface area contributed by atoms with E-state index in [1.165, 1.54) is 47.8 Å². The van der Waals surface area contributed by atoms with Crippen LogP contribution in [0.4, 0.5) is 0 Å². The molecule has 31 heavy (non-hydrogen) atoms. The molecule has 1 saturated carbocycles. The molecule has 0 bridgehead atoms. The Morgan fingerprint density at radius 3 is 2.61 bits per heavy atom. The maximum Gasteiger partial charge on any atom is 0.306 e. The number of aromatic nitrogens is 1. The van der Waals surface area contributed by atoms with Crippen molar-refractivity contribution in [3.63, 3.8) is 0 Å². The SMILES string of the molecule is Cc1c(C)n(C)c2ccc(-c3cc(CC(C)C(=O)O)ccc3OCC3CCCC3)cc12. The Morgan fingerprint density at radius 2 is 1.90 bits per heavy atom. The zero-order valence-electron chi connectivity index (χ0n) is 19.1. The van der Waals surface area contributed by atoms with Crippen molar-refractivity contribution in [2.24, 2.45) is 18.9 Å². The second-order valence-corrected chi connectivity index (χ2v) is 9.24. The molecular weight excluding hydrogens is 386 g/mol. The molecule has 1 heterocycles. The molecule has 4 heteroatoms. The zero-order valence-corrected chi connectivity index (χ0v) is 19.1. The number of aliphatic carboxylic acids is 1. The third kappa shape index (κ3) is 4.34. The topological polar surface area (TPSA) is 51.5 Å². The average molecular weight is 420 g/mol. The highest BCUT2D eigenvalue weighted by atomic mass is 16.5. The number of rotatable bonds is 7. The first-order valence-corrected chi connectivity index (χ1v) is 11.4. The third-order valence-corrected chi connectivity index (χ3v) is 7.08. The first-order chi connectivity index (χ1) is 14.8. The van der Waals surface area contributed by atoms with Crippen LogP contribution < -0.4 is 4.74 Å². The summed E-state index contributed by atoms with van der Waals surface area (Å²) in [5, 5.41) is 10.6. The minimum absolute atomic E-state index is 0.417. The number of hydrogen-bond acceptors (Lipinski definition) is 2. The maximum absolute atomic E-state index is 11.4. The van der Waals surface area contributed by atoms with Crippen molar-refractivity contribution in [3.05, 3.63) is 53.2 Å². The van der Waals surface area contributed by atoms with E-state index in [4.69, 9.17) is 4.74 Å². The van der Waals surface area contributed by atoms with Crippen molar-refractivity contribution in [2.75, 3.05) is 6.61 Å². The summed E-state index contributed by atoms with van der Waals surface area (Å²) in [6.07, 6.45) is 5.61. The Bertz CT molecular complexity index is 1110. The van der Waals surface area contributed by atoms with Gasteiger partial charge in [-0.25, -0.2) is 0 Å². The van der Waals surface area contributed by atoms with Crippen molar-refractivity contribution in [3.8, 4) is 16.9 Å². The van der Waals surface area contributed by atoms with E-state index < -0.39 is 11.9 Å². The van der Waals surface area contributed by atoms with Crippen molar-refractivity contribution < 1.29 is 14.6 Å². The number of fused-ring (bicyclic) bond motifs is 1. The van der Waals surface area contributed by atoms with E-state index in [2.05, 4.69) is 49.7 Å². The van der Waals surface area contributed by atoms with Gasteiger partial charge in [0, 0.05) is 29.2 Å². The fourth-order valence-electron chi connectivity index (χ4n) is 4.80. The van der Waals surface area contributed by atoms with Gasteiger partial charge in [0.1, 0.15) is 5.75 Å². The van der Waals surface area contributed by atoms with E-state index in [9.17, 15) is 9.90 Å². The summed E-state index contributed by atoms with van der Waals surface area (Å²) in [7, 11) is 2.11. The van der Waals surface area contributed by atoms with Crippen LogP contribution in [0, 0.1) is 25.7 Å². The van der Waals surface area contributed by atoms with Gasteiger partial charge in [-0.05, 0) is 80.0 Å². The average Bonchev–Trinajstić information content (AvgIpc) is 3.36. The first-order valence-electron chi connectivity index (χ1n) is 11.4. The van der Waals surface area contributed by atoms with E-state index in [0.29, 0.717) is 12.3 Å². The standard InChI is InChI=1S/C27H33NO3/c1-17(27(29)30)13-21-9-12-26(31-16-20-7-5-6-8-20)24(14-21)22-10-11-25-23(15-22)18(2)19(3)28(25)4/h9-12,14-15,17,20H,5-8,13,16H2,1-4H3,(H,29,30). The Labute approximate surface area is 184 Å². The smallest absolute Gasteiger partial charge is 0.306 e. The summed E-state index contributed by atoms with van der Waals surface area (Å²) < 4.78 is 8.57. The molecular formula is C27H33NO3. The van der Waals surface area contributed by atoms with Gasteiger partial charge in [0.2, 0.25) is 0 Å². The lowest BCUT2D eigenvalue weighted by Gasteiger charge is -2.17. The summed E-state index contributed by atoms with van der Waals surface area (Å²) in [6, 6.07) is 12.8. The second-order valence-electron chi connectivity index (χ2n) is 9.24. The number of nitrogens with zero attached hydrogens (tertiary/aromatic N) is 1. The van der Waals surface area contributed by atoms with Gasteiger partial charge in [-0.3, -0.25) is 4.79 Å². The van der Waals surface area contributed by atoms with Crippen molar-refractivity contribution in [2.45, 2.75) is 52.9 Å². The molecule has 1 unspecified atom stereocenters. The highest BCUT2D eigenvalue weighted by Crippen LogP contribution is 2.36. The highest BCUT2D eigenvalue weighted by molar-refractivity contribution is 5.90. The van der Waals surface area contributed by atoms with Crippen molar-refractivity contribution >= 4 is 16.9 Å². The van der Waals surface area contributed by atoms with E-state index in [0.717, 1.165) is 29.0 Å². The lowest BCUT2D eigenvalue weighted by Crippen LogP contribution is -2.12. The van der Waals surface area contributed by atoms with E-state index in [1.807, 2.05) is 12.1 Å². The fraction of sp³-hybridized carbons (Fsp3) is 0.444. The molecule has 164 valence electrons. The van der Waals surface area contributed by atoms with Crippen LogP contribution in [0.1, 0.15) is 49.4 Å². The molecule has 0 aliphatic heterocycles. The van der Waals surface area contributed by atoms with Gasteiger partial charge in [-0.15, -0.1) is 0 Å². The van der Waals surface area contributed by atoms with Crippen LogP contribution in [0.2, 0.25) is 0 Å². The summed E-state index contributed by atoms with van der Waals surface area (Å²) in [5.41, 5.74) is 6.99. The molecule has 0 saturated heterocycles. The number of benzene rings is 2. The van der Waals surface area contributed by atoms with Gasteiger partial charge in [-0.1, -0.05) is 31.9 Å². The summed E-state index contributed by atoms with van der Waals surface area (Å²) in [4.78, 5) is 11.4. The molecule has 4 rings (SSSR count). The lowest BCUT2D eigenvalue weighted by molar-refractivity contribution is -0.141. The van der Waals surface area contributed by atoms with Crippen LogP contribution in [0.25, 0.3) is 22.0 Å². The van der Waals surface area contributed by atoms with Gasteiger partial charge in [0.25, 0.3) is 0 Å². The van der Waals surface area contributed by atoms with Crippen LogP contribution in [0.5, 0.6) is 5.75 Å². The number of carboxylic acids is 1. The van der Waals surface area contributed by atoms with Crippen LogP contribution in [0.3, 0.4) is 0 Å². The second kappa shape index (κ2) is 8.78. The molecule has 0 radical (unpaired) electrons. The van der Waals surface area contributed by atoms with Crippen LogP contribution in [-0.4, -0.2) is 22.2 Å².